The Morgan fingerprint density at radius 3 is 2.68 bits per heavy atom. The Morgan fingerprint density at radius 2 is 2.00 bits per heavy atom. The molecule has 5 heteroatoms. The summed E-state index contributed by atoms with van der Waals surface area (Å²) in [6.45, 7) is 4.06. The smallest absolute Gasteiger partial charge is 0.241 e. The van der Waals surface area contributed by atoms with E-state index in [2.05, 4.69) is 22.3 Å². The molecule has 25 heavy (non-hydrogen) atoms. The van der Waals surface area contributed by atoms with Crippen LogP contribution in [0.3, 0.4) is 0 Å². The van der Waals surface area contributed by atoms with E-state index in [-0.39, 0.29) is 17.8 Å². The fraction of sp³-hybridized carbons (Fsp3) is 0.350. The number of benzene rings is 2. The minimum atomic E-state index is -0.362. The van der Waals surface area contributed by atoms with Crippen molar-refractivity contribution in [2.45, 2.75) is 18.9 Å². The number of hydrogen-bond donors (Lipinski definition) is 2. The van der Waals surface area contributed by atoms with Gasteiger partial charge in [0, 0.05) is 24.7 Å². The number of carbonyl (C=O) groups is 1. The van der Waals surface area contributed by atoms with Gasteiger partial charge in [-0.2, -0.15) is 0 Å². The first-order valence-corrected chi connectivity index (χ1v) is 8.64. The van der Waals surface area contributed by atoms with Crippen LogP contribution in [0.5, 0.6) is 0 Å². The minimum Gasteiger partial charge on any atom is -0.330 e. The van der Waals surface area contributed by atoms with E-state index in [9.17, 15) is 9.18 Å². The lowest BCUT2D eigenvalue weighted by Gasteiger charge is -2.23. The van der Waals surface area contributed by atoms with Gasteiger partial charge in [0.15, 0.2) is 0 Å². The predicted octanol–water partition coefficient (Wildman–Crippen LogP) is 2.83. The third-order valence-electron chi connectivity index (χ3n) is 5.02. The highest BCUT2D eigenvalue weighted by molar-refractivity contribution is 5.94. The first-order valence-electron chi connectivity index (χ1n) is 8.64. The molecule has 1 fully saturated rings. The Hall–Kier alpha value is -2.24. The SMILES string of the molecule is CC(C(=O)Nc1cccc(F)c1)N1C[C@@H](CN)[C@H](c2ccccc2)C1. The molecular formula is C20H24FN3O. The first kappa shape index (κ1) is 17.6. The number of nitrogens with zero attached hydrogens (tertiary/aromatic N) is 1. The van der Waals surface area contributed by atoms with E-state index in [4.69, 9.17) is 5.73 Å². The maximum Gasteiger partial charge on any atom is 0.241 e. The zero-order chi connectivity index (χ0) is 17.8. The van der Waals surface area contributed by atoms with Crippen molar-refractivity contribution in [2.75, 3.05) is 25.0 Å². The summed E-state index contributed by atoms with van der Waals surface area (Å²) < 4.78 is 13.3. The van der Waals surface area contributed by atoms with Gasteiger partial charge in [0.25, 0.3) is 0 Å². The van der Waals surface area contributed by atoms with E-state index < -0.39 is 0 Å². The highest BCUT2D eigenvalue weighted by Gasteiger charge is 2.36. The second-order valence-corrected chi connectivity index (χ2v) is 6.64. The Labute approximate surface area is 147 Å². The fourth-order valence-corrected chi connectivity index (χ4v) is 3.52. The van der Waals surface area contributed by atoms with Gasteiger partial charge in [-0.3, -0.25) is 9.69 Å². The zero-order valence-electron chi connectivity index (χ0n) is 14.4. The van der Waals surface area contributed by atoms with Crippen molar-refractivity contribution in [1.29, 1.82) is 0 Å². The molecule has 1 heterocycles. The van der Waals surface area contributed by atoms with E-state index >= 15 is 0 Å². The van der Waals surface area contributed by atoms with Crippen molar-refractivity contribution in [3.63, 3.8) is 0 Å². The maximum absolute atomic E-state index is 13.3. The number of rotatable bonds is 5. The van der Waals surface area contributed by atoms with Crippen molar-refractivity contribution >= 4 is 11.6 Å². The molecule has 2 aromatic rings. The van der Waals surface area contributed by atoms with Crippen LogP contribution in [0.4, 0.5) is 10.1 Å². The molecule has 0 saturated carbocycles. The van der Waals surface area contributed by atoms with E-state index in [1.165, 1.54) is 17.7 Å². The largest absolute Gasteiger partial charge is 0.330 e. The monoisotopic (exact) mass is 341 g/mol. The third kappa shape index (κ3) is 4.06. The summed E-state index contributed by atoms with van der Waals surface area (Å²) in [4.78, 5) is 14.7. The van der Waals surface area contributed by atoms with E-state index in [1.54, 1.807) is 12.1 Å². The molecule has 3 rings (SSSR count). The summed E-state index contributed by atoms with van der Waals surface area (Å²) in [6.07, 6.45) is 0. The van der Waals surface area contributed by atoms with Crippen LogP contribution in [0.15, 0.2) is 54.6 Å². The molecule has 0 aromatic heterocycles. The average Bonchev–Trinajstić information content (AvgIpc) is 3.06. The lowest BCUT2D eigenvalue weighted by molar-refractivity contribution is -0.120. The number of amides is 1. The van der Waals surface area contributed by atoms with Gasteiger partial charge < -0.3 is 11.1 Å². The third-order valence-corrected chi connectivity index (χ3v) is 5.02. The molecule has 0 radical (unpaired) electrons. The van der Waals surface area contributed by atoms with Gasteiger partial charge in [-0.05, 0) is 43.1 Å². The Balaban J connectivity index is 1.68. The predicted molar refractivity (Wildman–Crippen MR) is 97.8 cm³/mol. The Bertz CT molecular complexity index is 722. The summed E-state index contributed by atoms with van der Waals surface area (Å²) in [5, 5.41) is 2.80. The molecule has 132 valence electrons. The molecule has 0 bridgehead atoms. The minimum absolute atomic E-state index is 0.130. The number of nitrogens with one attached hydrogen (secondary N) is 1. The molecule has 0 aliphatic carbocycles. The van der Waals surface area contributed by atoms with Crippen LogP contribution in [-0.2, 0) is 4.79 Å². The normalized spacial score (nSPS) is 21.9. The molecular weight excluding hydrogens is 317 g/mol. The lowest BCUT2D eigenvalue weighted by Crippen LogP contribution is -2.41. The van der Waals surface area contributed by atoms with Gasteiger partial charge in [-0.15, -0.1) is 0 Å². The molecule has 1 amide bonds. The molecule has 1 aliphatic heterocycles. The summed E-state index contributed by atoms with van der Waals surface area (Å²) >= 11 is 0. The van der Waals surface area contributed by atoms with Crippen molar-refractivity contribution < 1.29 is 9.18 Å². The van der Waals surface area contributed by atoms with Gasteiger partial charge in [0.05, 0.1) is 6.04 Å². The van der Waals surface area contributed by atoms with Crippen LogP contribution in [-0.4, -0.2) is 36.5 Å². The average molecular weight is 341 g/mol. The molecule has 3 atom stereocenters. The van der Waals surface area contributed by atoms with Crippen molar-refractivity contribution in [3.05, 3.63) is 66.0 Å². The van der Waals surface area contributed by atoms with Crippen LogP contribution < -0.4 is 11.1 Å². The fourth-order valence-electron chi connectivity index (χ4n) is 3.52. The van der Waals surface area contributed by atoms with Crippen LogP contribution in [0.2, 0.25) is 0 Å². The number of hydrogen-bond acceptors (Lipinski definition) is 3. The van der Waals surface area contributed by atoms with Crippen LogP contribution in [0.25, 0.3) is 0 Å². The lowest BCUT2D eigenvalue weighted by atomic mass is 9.89. The van der Waals surface area contributed by atoms with Gasteiger partial charge >= 0.3 is 0 Å². The summed E-state index contributed by atoms with van der Waals surface area (Å²) in [5.41, 5.74) is 7.71. The Kier molecular flexibility index (Phi) is 5.46. The number of anilines is 1. The van der Waals surface area contributed by atoms with Crippen LogP contribution >= 0.6 is 0 Å². The summed E-state index contributed by atoms with van der Waals surface area (Å²) in [5.74, 6) is 0.163. The van der Waals surface area contributed by atoms with Gasteiger partial charge in [0.2, 0.25) is 5.91 Å². The summed E-state index contributed by atoms with van der Waals surface area (Å²) in [7, 11) is 0. The second-order valence-electron chi connectivity index (χ2n) is 6.64. The highest BCUT2D eigenvalue weighted by atomic mass is 19.1. The molecule has 0 spiro atoms. The molecule has 1 aliphatic rings. The summed E-state index contributed by atoms with van der Waals surface area (Å²) in [6, 6.07) is 16.0. The van der Waals surface area contributed by atoms with Crippen LogP contribution in [0, 0.1) is 11.7 Å². The topological polar surface area (TPSA) is 58.4 Å². The van der Waals surface area contributed by atoms with Gasteiger partial charge in [0.1, 0.15) is 5.82 Å². The second kappa shape index (κ2) is 7.76. The standard InChI is InChI=1S/C20H24FN3O/c1-14(20(25)23-18-9-5-8-17(21)10-18)24-12-16(11-22)19(13-24)15-6-3-2-4-7-15/h2-10,14,16,19H,11-13,22H2,1H3,(H,23,25)/t14?,16-,19+/m1/s1. The van der Waals surface area contributed by atoms with E-state index in [0.29, 0.717) is 24.1 Å². The van der Waals surface area contributed by atoms with E-state index in [1.807, 2.05) is 25.1 Å². The maximum atomic E-state index is 13.3. The number of carbonyl (C=O) groups excluding carboxylic acids is 1. The molecule has 1 unspecified atom stereocenters. The molecule has 2 aromatic carbocycles. The number of likely N-dealkylation sites (tertiary alicyclic amines) is 1. The first-order chi connectivity index (χ1) is 12.1. The van der Waals surface area contributed by atoms with Crippen molar-refractivity contribution in [1.82, 2.24) is 4.90 Å². The van der Waals surface area contributed by atoms with E-state index in [0.717, 1.165) is 13.1 Å². The van der Waals surface area contributed by atoms with Crippen molar-refractivity contribution in [3.8, 4) is 0 Å². The van der Waals surface area contributed by atoms with Crippen molar-refractivity contribution in [2.24, 2.45) is 11.7 Å². The Morgan fingerprint density at radius 1 is 1.24 bits per heavy atom. The molecule has 3 N–H and O–H groups in total. The quantitative estimate of drug-likeness (QED) is 0.879. The number of nitrogens with two attached hydrogens (primary N) is 1. The number of halogens is 1. The zero-order valence-corrected chi connectivity index (χ0v) is 14.4. The van der Waals surface area contributed by atoms with Gasteiger partial charge in [-0.25, -0.2) is 4.39 Å². The molecule has 1 saturated heterocycles. The highest BCUT2D eigenvalue weighted by Crippen LogP contribution is 2.33. The van der Waals surface area contributed by atoms with Gasteiger partial charge in [-0.1, -0.05) is 36.4 Å². The molecule has 4 nitrogen and oxygen atoms in total. The van der Waals surface area contributed by atoms with Crippen LogP contribution in [0.1, 0.15) is 18.4 Å².